The number of nitrogens with zero attached hydrogens (tertiary/aromatic N) is 4. The maximum absolute atomic E-state index is 13.2. The molecule has 1 amide bonds. The molecule has 11 heteroatoms. The summed E-state index contributed by atoms with van der Waals surface area (Å²) in [6.45, 7) is 5.07. The minimum atomic E-state index is -0.454. The average Bonchev–Trinajstić information content (AvgIpc) is 3.56. The number of rotatable bonds is 6. The summed E-state index contributed by atoms with van der Waals surface area (Å²) in [6, 6.07) is 14.7. The van der Waals surface area contributed by atoms with E-state index in [0.717, 1.165) is 43.5 Å². The Morgan fingerprint density at radius 1 is 1.07 bits per heavy atom. The van der Waals surface area contributed by atoms with Gasteiger partial charge in [-0.1, -0.05) is 36.4 Å². The molecule has 0 radical (unpaired) electrons. The lowest BCUT2D eigenvalue weighted by atomic mass is 10.00. The van der Waals surface area contributed by atoms with E-state index in [1.54, 1.807) is 18.2 Å². The summed E-state index contributed by atoms with van der Waals surface area (Å²) in [4.78, 5) is 39.6. The van der Waals surface area contributed by atoms with Crippen molar-refractivity contribution in [2.45, 2.75) is 24.9 Å². The number of likely N-dealkylation sites (tertiary alicyclic amines) is 1. The fraction of sp³-hybridized carbons (Fsp3) is 0.433. The summed E-state index contributed by atoms with van der Waals surface area (Å²) in [5.41, 5.74) is 2.96. The van der Waals surface area contributed by atoms with Crippen LogP contribution in [0, 0.1) is 0 Å². The molecule has 0 spiro atoms. The number of carbonyl (C=O) groups excluding carboxylic acids is 2. The van der Waals surface area contributed by atoms with Crippen LogP contribution in [0.2, 0.25) is 0 Å². The van der Waals surface area contributed by atoms with Gasteiger partial charge in [-0.05, 0) is 25.6 Å². The smallest absolute Gasteiger partial charge is 0.337 e. The lowest BCUT2D eigenvalue weighted by molar-refractivity contribution is -0.149. The van der Waals surface area contributed by atoms with Crippen molar-refractivity contribution in [2.24, 2.45) is 4.99 Å². The highest BCUT2D eigenvalue weighted by Gasteiger charge is 2.42. The summed E-state index contributed by atoms with van der Waals surface area (Å²) >= 11 is 0. The molecule has 3 aliphatic heterocycles. The van der Waals surface area contributed by atoms with Gasteiger partial charge >= 0.3 is 5.97 Å². The van der Waals surface area contributed by atoms with Crippen molar-refractivity contribution >= 4 is 28.5 Å². The molecule has 3 saturated heterocycles. The van der Waals surface area contributed by atoms with Crippen LogP contribution < -0.4 is 5.32 Å². The van der Waals surface area contributed by atoms with E-state index in [1.807, 2.05) is 35.2 Å². The van der Waals surface area contributed by atoms with Crippen molar-refractivity contribution in [1.29, 1.82) is 0 Å². The largest absolute Gasteiger partial charge is 0.494 e. The Morgan fingerprint density at radius 3 is 2.61 bits per heavy atom. The number of aromatic amines is 1. The van der Waals surface area contributed by atoms with Crippen LogP contribution in [0.5, 0.6) is 5.88 Å². The topological polar surface area (TPSA) is 123 Å². The Balaban J connectivity index is 1.23. The minimum Gasteiger partial charge on any atom is -0.494 e. The van der Waals surface area contributed by atoms with Crippen molar-refractivity contribution < 1.29 is 24.2 Å². The molecule has 0 aliphatic carbocycles. The summed E-state index contributed by atoms with van der Waals surface area (Å²) in [5.74, 6) is -0.392. The SMILES string of the molecule is COC(=O)c1ccc2c(C(=NC3COC4C(CCN4C(=O)CN4CCN(C)CC4)N3)c3ccccc3)c(O)[nH]c2c1. The van der Waals surface area contributed by atoms with Crippen LogP contribution in [0.1, 0.15) is 27.9 Å². The molecule has 4 heterocycles. The first-order valence-corrected chi connectivity index (χ1v) is 14.1. The van der Waals surface area contributed by atoms with Gasteiger partial charge in [-0.2, -0.15) is 0 Å². The second-order valence-corrected chi connectivity index (χ2v) is 10.9. The number of likely N-dealkylation sites (N-methyl/N-ethyl adjacent to an activating group) is 1. The maximum atomic E-state index is 13.2. The lowest BCUT2D eigenvalue weighted by Gasteiger charge is -2.37. The number of nitrogens with one attached hydrogen (secondary N) is 2. The number of methoxy groups -OCH3 is 1. The quantitative estimate of drug-likeness (QED) is 0.307. The summed E-state index contributed by atoms with van der Waals surface area (Å²) in [7, 11) is 3.44. The van der Waals surface area contributed by atoms with E-state index in [0.29, 0.717) is 35.4 Å². The van der Waals surface area contributed by atoms with Gasteiger partial charge in [-0.3, -0.25) is 20.0 Å². The van der Waals surface area contributed by atoms with Crippen molar-refractivity contribution in [3.05, 3.63) is 65.2 Å². The van der Waals surface area contributed by atoms with E-state index in [1.165, 1.54) is 7.11 Å². The molecule has 3 aliphatic rings. The second-order valence-electron chi connectivity index (χ2n) is 10.9. The Bertz CT molecular complexity index is 1450. The number of hydrogen-bond donors (Lipinski definition) is 3. The second kappa shape index (κ2) is 11.6. The van der Waals surface area contributed by atoms with Crippen LogP contribution in [0.3, 0.4) is 0 Å². The van der Waals surface area contributed by atoms with E-state index in [9.17, 15) is 14.7 Å². The minimum absolute atomic E-state index is 0.0369. The standard InChI is InChI=1S/C30H36N6O5/c1-34-12-14-35(15-13-34)17-25(37)36-11-10-22-29(36)41-18-24(31-22)33-27(19-6-4-3-5-7-19)26-21-9-8-20(30(39)40-2)16-23(21)32-28(26)38/h3-9,16,22,24,29,31-32,38H,10-15,17-18H2,1-2H3. The highest BCUT2D eigenvalue weighted by atomic mass is 16.5. The van der Waals surface area contributed by atoms with Crippen molar-refractivity contribution in [3.63, 3.8) is 0 Å². The average molecular weight is 561 g/mol. The number of carbonyl (C=O) groups is 2. The normalized spacial score (nSPS) is 24.0. The molecule has 3 fully saturated rings. The predicted octanol–water partition coefficient (Wildman–Crippen LogP) is 1.62. The van der Waals surface area contributed by atoms with Gasteiger partial charge < -0.3 is 29.4 Å². The van der Waals surface area contributed by atoms with Crippen LogP contribution in [0.15, 0.2) is 53.5 Å². The van der Waals surface area contributed by atoms with Gasteiger partial charge in [0.2, 0.25) is 5.91 Å². The van der Waals surface area contributed by atoms with Crippen LogP contribution >= 0.6 is 0 Å². The molecular weight excluding hydrogens is 524 g/mol. The van der Waals surface area contributed by atoms with Crippen molar-refractivity contribution in [2.75, 3.05) is 60.0 Å². The first kappa shape index (κ1) is 27.4. The third-order valence-electron chi connectivity index (χ3n) is 8.21. The predicted molar refractivity (Wildman–Crippen MR) is 154 cm³/mol. The van der Waals surface area contributed by atoms with Crippen molar-refractivity contribution in [3.8, 4) is 5.88 Å². The zero-order valence-corrected chi connectivity index (χ0v) is 23.4. The Morgan fingerprint density at radius 2 is 1.85 bits per heavy atom. The molecule has 2 aromatic carbocycles. The van der Waals surface area contributed by atoms with E-state index in [4.69, 9.17) is 14.5 Å². The molecule has 3 N–H and O–H groups in total. The molecule has 3 aromatic rings. The molecule has 0 saturated carbocycles. The number of aliphatic imine (C=N–C) groups is 1. The van der Waals surface area contributed by atoms with Gasteiger partial charge in [0.25, 0.3) is 0 Å². The molecule has 0 bridgehead atoms. The highest BCUT2D eigenvalue weighted by molar-refractivity contribution is 6.21. The van der Waals surface area contributed by atoms with Gasteiger partial charge in [-0.15, -0.1) is 0 Å². The number of aromatic hydroxyl groups is 1. The van der Waals surface area contributed by atoms with Gasteiger partial charge in [-0.25, -0.2) is 4.79 Å². The number of ether oxygens (including phenoxy) is 2. The first-order valence-electron chi connectivity index (χ1n) is 14.1. The Kier molecular flexibility index (Phi) is 7.76. The molecule has 11 nitrogen and oxygen atoms in total. The molecule has 41 heavy (non-hydrogen) atoms. The number of aromatic nitrogens is 1. The Hall–Kier alpha value is -3.77. The van der Waals surface area contributed by atoms with Crippen molar-refractivity contribution in [1.82, 2.24) is 25.0 Å². The van der Waals surface area contributed by atoms with E-state index in [-0.39, 0.29) is 36.8 Å². The number of fused-ring (bicyclic) bond motifs is 2. The van der Waals surface area contributed by atoms with E-state index >= 15 is 0 Å². The third-order valence-corrected chi connectivity index (χ3v) is 8.21. The number of hydrogen-bond acceptors (Lipinski definition) is 9. The van der Waals surface area contributed by atoms with Crippen LogP contribution in [-0.4, -0.2) is 121 Å². The van der Waals surface area contributed by atoms with E-state index < -0.39 is 5.97 Å². The summed E-state index contributed by atoms with van der Waals surface area (Å²) in [5, 5.41) is 15.3. The maximum Gasteiger partial charge on any atom is 0.337 e. The van der Waals surface area contributed by atoms with Gasteiger partial charge in [0.15, 0.2) is 5.88 Å². The van der Waals surface area contributed by atoms with Gasteiger partial charge in [0, 0.05) is 49.2 Å². The van der Waals surface area contributed by atoms with Gasteiger partial charge in [0.1, 0.15) is 12.4 Å². The molecule has 3 unspecified atom stereocenters. The number of esters is 1. The van der Waals surface area contributed by atoms with Crippen LogP contribution in [0.4, 0.5) is 0 Å². The lowest BCUT2D eigenvalue weighted by Crippen LogP contribution is -2.57. The third kappa shape index (κ3) is 5.58. The zero-order valence-electron chi connectivity index (χ0n) is 23.4. The van der Waals surface area contributed by atoms with Gasteiger partial charge in [0.05, 0.1) is 43.1 Å². The zero-order chi connectivity index (χ0) is 28.5. The molecule has 6 rings (SSSR count). The number of morpholine rings is 1. The monoisotopic (exact) mass is 560 g/mol. The molecule has 1 aromatic heterocycles. The molecule has 3 atom stereocenters. The summed E-state index contributed by atoms with van der Waals surface area (Å²) < 4.78 is 11.1. The Labute approximate surface area is 238 Å². The molecule has 216 valence electrons. The van der Waals surface area contributed by atoms with Crippen LogP contribution in [-0.2, 0) is 14.3 Å². The number of amides is 1. The first-order chi connectivity index (χ1) is 19.9. The number of H-pyrrole nitrogens is 1. The fourth-order valence-corrected chi connectivity index (χ4v) is 5.95. The number of benzene rings is 2. The van der Waals surface area contributed by atoms with Crippen LogP contribution in [0.25, 0.3) is 10.9 Å². The highest BCUT2D eigenvalue weighted by Crippen LogP contribution is 2.32. The molecular formula is C30H36N6O5. The summed E-state index contributed by atoms with van der Waals surface area (Å²) in [6.07, 6.45) is 0.0816. The van der Waals surface area contributed by atoms with E-state index in [2.05, 4.69) is 27.1 Å². The number of piperazine rings is 1. The fourth-order valence-electron chi connectivity index (χ4n) is 5.95.